The van der Waals surface area contributed by atoms with E-state index in [4.69, 9.17) is 5.11 Å². The van der Waals surface area contributed by atoms with Crippen LogP contribution in [-0.2, 0) is 27.5 Å². The minimum Gasteiger partial charge on any atom is -0.481 e. The van der Waals surface area contributed by atoms with E-state index >= 15 is 0 Å². The monoisotopic (exact) mass is 303 g/mol. The number of carbonyl (C=O) groups is 1. The second-order valence-electron chi connectivity index (χ2n) is 4.80. The van der Waals surface area contributed by atoms with Crippen LogP contribution >= 0.6 is 11.3 Å². The molecule has 7 heteroatoms. The van der Waals surface area contributed by atoms with Crippen molar-refractivity contribution in [2.24, 2.45) is 0 Å². The maximum absolute atomic E-state index is 11.9. The molecule has 0 aromatic carbocycles. The fourth-order valence-corrected chi connectivity index (χ4v) is 5.22. The van der Waals surface area contributed by atoms with E-state index in [0.29, 0.717) is 19.3 Å². The van der Waals surface area contributed by atoms with Gasteiger partial charge < -0.3 is 5.11 Å². The van der Waals surface area contributed by atoms with Gasteiger partial charge in [0.2, 0.25) is 0 Å². The highest BCUT2D eigenvalue weighted by Crippen LogP contribution is 2.25. The van der Waals surface area contributed by atoms with Crippen molar-refractivity contribution in [2.45, 2.75) is 43.8 Å². The van der Waals surface area contributed by atoms with E-state index in [1.165, 1.54) is 11.3 Å². The molecule has 106 valence electrons. The van der Waals surface area contributed by atoms with Gasteiger partial charge in [-0.2, -0.15) is 0 Å². The summed E-state index contributed by atoms with van der Waals surface area (Å²) in [4.78, 5) is 15.6. The Morgan fingerprint density at radius 1 is 1.47 bits per heavy atom. The number of nitrogens with zero attached hydrogens (tertiary/aromatic N) is 1. The third kappa shape index (κ3) is 4.01. The average molecular weight is 303 g/mol. The second kappa shape index (κ2) is 6.00. The number of sulfone groups is 1. The van der Waals surface area contributed by atoms with Crippen molar-refractivity contribution in [3.63, 3.8) is 0 Å². The van der Waals surface area contributed by atoms with Gasteiger partial charge in [-0.15, -0.1) is 11.3 Å². The highest BCUT2D eigenvalue weighted by molar-refractivity contribution is 7.92. The molecule has 0 amide bonds. The SMILES string of the molecule is O=C(O)CCc1cnc(CC2CCCCS2(=O)=O)s1. The molecule has 1 aromatic rings. The third-order valence-corrected chi connectivity index (χ3v) is 6.66. The Hall–Kier alpha value is -0.950. The van der Waals surface area contributed by atoms with Crippen LogP contribution in [0.1, 0.15) is 35.6 Å². The number of aliphatic carboxylic acids is 1. The minimum atomic E-state index is -2.97. The van der Waals surface area contributed by atoms with Gasteiger partial charge in [-0.05, 0) is 19.3 Å². The third-order valence-electron chi connectivity index (χ3n) is 3.30. The van der Waals surface area contributed by atoms with Gasteiger partial charge in [-0.1, -0.05) is 6.42 Å². The van der Waals surface area contributed by atoms with Gasteiger partial charge in [0.05, 0.1) is 22.4 Å². The summed E-state index contributed by atoms with van der Waals surface area (Å²) in [5.74, 6) is -0.542. The van der Waals surface area contributed by atoms with Gasteiger partial charge in [-0.25, -0.2) is 13.4 Å². The van der Waals surface area contributed by atoms with Crippen molar-refractivity contribution in [1.82, 2.24) is 4.98 Å². The summed E-state index contributed by atoms with van der Waals surface area (Å²) in [5, 5.41) is 9.11. The van der Waals surface area contributed by atoms with Crippen molar-refractivity contribution in [3.8, 4) is 0 Å². The number of aryl methyl sites for hydroxylation is 1. The zero-order valence-electron chi connectivity index (χ0n) is 10.5. The molecule has 2 heterocycles. The highest BCUT2D eigenvalue weighted by Gasteiger charge is 2.29. The minimum absolute atomic E-state index is 0.0867. The second-order valence-corrected chi connectivity index (χ2v) is 8.40. The number of thiazole rings is 1. The molecule has 0 saturated carbocycles. The molecule has 1 aromatic heterocycles. The van der Waals surface area contributed by atoms with Crippen LogP contribution in [0.25, 0.3) is 0 Å². The topological polar surface area (TPSA) is 84.3 Å². The lowest BCUT2D eigenvalue weighted by Crippen LogP contribution is -2.30. The molecule has 1 fully saturated rings. The number of carboxylic acid groups (broad SMARTS) is 1. The molecule has 1 atom stereocenters. The summed E-state index contributed by atoms with van der Waals surface area (Å²) in [6.45, 7) is 0. The maximum atomic E-state index is 11.9. The zero-order chi connectivity index (χ0) is 13.9. The first kappa shape index (κ1) is 14.5. The van der Waals surface area contributed by atoms with Gasteiger partial charge in [0.1, 0.15) is 0 Å². The Bertz CT molecular complexity index is 550. The average Bonchev–Trinajstić information content (AvgIpc) is 2.77. The number of hydrogen-bond donors (Lipinski definition) is 1. The molecule has 0 radical (unpaired) electrons. The first-order valence-corrected chi connectivity index (χ1v) is 8.87. The smallest absolute Gasteiger partial charge is 0.303 e. The van der Waals surface area contributed by atoms with Crippen molar-refractivity contribution in [3.05, 3.63) is 16.1 Å². The van der Waals surface area contributed by atoms with Crippen LogP contribution in [0.4, 0.5) is 0 Å². The van der Waals surface area contributed by atoms with E-state index in [-0.39, 0.29) is 17.4 Å². The highest BCUT2D eigenvalue weighted by atomic mass is 32.2. The zero-order valence-corrected chi connectivity index (χ0v) is 12.2. The Balaban J connectivity index is 1.97. The predicted molar refractivity (Wildman–Crippen MR) is 73.2 cm³/mol. The largest absolute Gasteiger partial charge is 0.481 e. The summed E-state index contributed by atoms with van der Waals surface area (Å²) in [6.07, 6.45) is 5.13. The molecule has 1 aliphatic heterocycles. The lowest BCUT2D eigenvalue weighted by Gasteiger charge is -2.21. The van der Waals surface area contributed by atoms with Crippen LogP contribution in [0.5, 0.6) is 0 Å². The van der Waals surface area contributed by atoms with E-state index in [0.717, 1.165) is 22.7 Å². The van der Waals surface area contributed by atoms with Crippen LogP contribution in [0.15, 0.2) is 6.20 Å². The molecule has 1 unspecified atom stereocenters. The van der Waals surface area contributed by atoms with E-state index in [1.807, 2.05) is 0 Å². The van der Waals surface area contributed by atoms with E-state index in [9.17, 15) is 13.2 Å². The van der Waals surface area contributed by atoms with Crippen LogP contribution in [-0.4, -0.2) is 35.5 Å². The standard InChI is InChI=1S/C12H17NO4S2/c14-12(15)5-4-9-8-13-11(18-9)7-10-3-1-2-6-19(10,16)17/h8,10H,1-7H2,(H,14,15). The lowest BCUT2D eigenvalue weighted by atomic mass is 10.1. The number of hydrogen-bond acceptors (Lipinski definition) is 5. The van der Waals surface area contributed by atoms with Gasteiger partial charge >= 0.3 is 5.97 Å². The maximum Gasteiger partial charge on any atom is 0.303 e. The summed E-state index contributed by atoms with van der Waals surface area (Å²) in [7, 11) is -2.97. The molecule has 0 bridgehead atoms. The fraction of sp³-hybridized carbons (Fsp3) is 0.667. The first-order valence-electron chi connectivity index (χ1n) is 6.34. The van der Waals surface area contributed by atoms with Crippen LogP contribution in [0.3, 0.4) is 0 Å². The van der Waals surface area contributed by atoms with Crippen molar-refractivity contribution < 1.29 is 18.3 Å². The van der Waals surface area contributed by atoms with Crippen molar-refractivity contribution in [2.75, 3.05) is 5.75 Å². The van der Waals surface area contributed by atoms with Gasteiger partial charge in [0.15, 0.2) is 9.84 Å². The molecule has 2 rings (SSSR count). The summed E-state index contributed by atoms with van der Waals surface area (Å²) in [5.41, 5.74) is 0. The van der Waals surface area contributed by atoms with Gasteiger partial charge in [0, 0.05) is 17.5 Å². The molecule has 5 nitrogen and oxygen atoms in total. The van der Waals surface area contributed by atoms with E-state index < -0.39 is 15.8 Å². The van der Waals surface area contributed by atoms with Crippen molar-refractivity contribution >= 4 is 27.1 Å². The van der Waals surface area contributed by atoms with Gasteiger partial charge in [-0.3, -0.25) is 4.79 Å². The Morgan fingerprint density at radius 3 is 2.95 bits per heavy atom. The number of carboxylic acids is 1. The van der Waals surface area contributed by atoms with E-state index in [1.54, 1.807) is 6.20 Å². The lowest BCUT2D eigenvalue weighted by molar-refractivity contribution is -0.136. The summed E-state index contributed by atoms with van der Waals surface area (Å²) >= 11 is 1.43. The van der Waals surface area contributed by atoms with Crippen LogP contribution in [0, 0.1) is 0 Å². The molecule has 1 N–H and O–H groups in total. The molecule has 1 aliphatic rings. The Labute approximate surface area is 116 Å². The predicted octanol–water partition coefficient (Wildman–Crippen LogP) is 1.67. The molecular weight excluding hydrogens is 286 g/mol. The first-order chi connectivity index (χ1) is 8.97. The van der Waals surface area contributed by atoms with Crippen molar-refractivity contribution in [1.29, 1.82) is 0 Å². The molecule has 0 aliphatic carbocycles. The van der Waals surface area contributed by atoms with Crippen LogP contribution in [0.2, 0.25) is 0 Å². The summed E-state index contributed by atoms with van der Waals surface area (Å²) < 4.78 is 23.8. The van der Waals surface area contributed by atoms with Gasteiger partial charge in [0.25, 0.3) is 0 Å². The summed E-state index contributed by atoms with van der Waals surface area (Å²) in [6, 6.07) is 0. The Kier molecular flexibility index (Phi) is 4.57. The number of rotatable bonds is 5. The normalized spacial score (nSPS) is 22.2. The van der Waals surface area contributed by atoms with E-state index in [2.05, 4.69) is 4.98 Å². The molecule has 1 saturated heterocycles. The molecular formula is C12H17NO4S2. The molecule has 19 heavy (non-hydrogen) atoms. The Morgan fingerprint density at radius 2 is 2.26 bits per heavy atom. The van der Waals surface area contributed by atoms with Crippen LogP contribution < -0.4 is 0 Å². The number of aromatic nitrogens is 1. The quantitative estimate of drug-likeness (QED) is 0.894. The molecule has 0 spiro atoms. The fourth-order valence-electron chi connectivity index (χ4n) is 2.23.